The zero-order chi connectivity index (χ0) is 19.4. The van der Waals surface area contributed by atoms with Gasteiger partial charge in [0.2, 0.25) is 0 Å². The second-order valence-electron chi connectivity index (χ2n) is 7.88. The second kappa shape index (κ2) is 8.27. The van der Waals surface area contributed by atoms with Crippen LogP contribution < -0.4 is 5.32 Å². The summed E-state index contributed by atoms with van der Waals surface area (Å²) in [7, 11) is 0. The number of likely N-dealkylation sites (tertiary alicyclic amines) is 1. The third kappa shape index (κ3) is 5.20. The predicted molar refractivity (Wildman–Crippen MR) is 101 cm³/mol. The highest BCUT2D eigenvalue weighted by atomic mass is 16.7. The van der Waals surface area contributed by atoms with Gasteiger partial charge in [-0.1, -0.05) is 0 Å². The fourth-order valence-electron chi connectivity index (χ4n) is 3.37. The Labute approximate surface area is 160 Å². The Morgan fingerprint density at radius 1 is 1.11 bits per heavy atom. The molecule has 148 valence electrons. The maximum atomic E-state index is 13.0. The summed E-state index contributed by atoms with van der Waals surface area (Å²) in [5.41, 5.74) is 0.598. The van der Waals surface area contributed by atoms with Gasteiger partial charge in [-0.2, -0.15) is 0 Å². The van der Waals surface area contributed by atoms with Crippen LogP contribution in [0.15, 0.2) is 24.3 Å². The standard InChI is InChI=1S/C20H28N2O5/c1-20(2,3)27-19(24)21-15-9-7-14(8-10-15)17(23)22-11-5-4-6-16(22)18-25-12-13-26-18/h7-10,16,18H,4-6,11-13H2,1-3H3,(H,21,24). The highest BCUT2D eigenvalue weighted by Crippen LogP contribution is 2.26. The van der Waals surface area contributed by atoms with E-state index in [9.17, 15) is 9.59 Å². The van der Waals surface area contributed by atoms with Crippen molar-refractivity contribution in [1.29, 1.82) is 0 Å². The molecule has 0 aliphatic carbocycles. The third-order valence-electron chi connectivity index (χ3n) is 4.55. The Hall–Kier alpha value is -2.12. The van der Waals surface area contributed by atoms with E-state index in [2.05, 4.69) is 5.32 Å². The Morgan fingerprint density at radius 2 is 1.78 bits per heavy atom. The molecule has 1 aromatic carbocycles. The average molecular weight is 376 g/mol. The normalized spacial score (nSPS) is 21.1. The molecule has 1 atom stereocenters. The van der Waals surface area contributed by atoms with Crippen LogP contribution in [0.2, 0.25) is 0 Å². The lowest BCUT2D eigenvalue weighted by atomic mass is 10.00. The number of hydrogen-bond acceptors (Lipinski definition) is 5. The molecule has 7 heteroatoms. The Balaban J connectivity index is 1.64. The molecule has 2 amide bonds. The highest BCUT2D eigenvalue weighted by Gasteiger charge is 2.36. The second-order valence-corrected chi connectivity index (χ2v) is 7.88. The van der Waals surface area contributed by atoms with Gasteiger partial charge in [0.25, 0.3) is 5.91 Å². The summed E-state index contributed by atoms with van der Waals surface area (Å²) >= 11 is 0. The highest BCUT2D eigenvalue weighted by molar-refractivity contribution is 5.95. The fourth-order valence-corrected chi connectivity index (χ4v) is 3.37. The average Bonchev–Trinajstić information content (AvgIpc) is 3.14. The molecule has 0 spiro atoms. The van der Waals surface area contributed by atoms with Gasteiger partial charge in [-0.3, -0.25) is 10.1 Å². The molecule has 0 saturated carbocycles. The number of amides is 2. The minimum atomic E-state index is -0.562. The summed E-state index contributed by atoms with van der Waals surface area (Å²) in [6.07, 6.45) is 2.08. The number of nitrogens with one attached hydrogen (secondary N) is 1. The molecule has 3 rings (SSSR count). The van der Waals surface area contributed by atoms with Gasteiger partial charge in [-0.25, -0.2) is 4.79 Å². The molecule has 2 heterocycles. The Bertz CT molecular complexity index is 662. The van der Waals surface area contributed by atoms with Crippen LogP contribution in [0.25, 0.3) is 0 Å². The summed E-state index contributed by atoms with van der Waals surface area (Å²) in [5, 5.41) is 2.67. The van der Waals surface area contributed by atoms with E-state index in [-0.39, 0.29) is 18.2 Å². The first-order valence-electron chi connectivity index (χ1n) is 9.48. The minimum absolute atomic E-state index is 0.0392. The fraction of sp³-hybridized carbons (Fsp3) is 0.600. The first-order valence-corrected chi connectivity index (χ1v) is 9.48. The molecule has 2 aliphatic rings. The molecule has 27 heavy (non-hydrogen) atoms. The Kier molecular flexibility index (Phi) is 6.01. The van der Waals surface area contributed by atoms with Crippen molar-refractivity contribution in [2.24, 2.45) is 0 Å². The molecule has 2 aliphatic heterocycles. The van der Waals surface area contributed by atoms with Gasteiger partial charge in [-0.05, 0) is 64.3 Å². The van der Waals surface area contributed by atoms with Crippen LogP contribution in [0.5, 0.6) is 0 Å². The molecular formula is C20H28N2O5. The molecule has 7 nitrogen and oxygen atoms in total. The van der Waals surface area contributed by atoms with Crippen molar-refractivity contribution in [1.82, 2.24) is 4.90 Å². The third-order valence-corrected chi connectivity index (χ3v) is 4.55. The number of carbonyl (C=O) groups excluding carboxylic acids is 2. The van der Waals surface area contributed by atoms with Crippen LogP contribution in [-0.2, 0) is 14.2 Å². The summed E-state index contributed by atoms with van der Waals surface area (Å²) in [6.45, 7) is 7.27. The monoisotopic (exact) mass is 376 g/mol. The van der Waals surface area contributed by atoms with Gasteiger partial charge < -0.3 is 19.1 Å². The van der Waals surface area contributed by atoms with Crippen LogP contribution in [0.1, 0.15) is 50.4 Å². The molecule has 2 fully saturated rings. The first-order chi connectivity index (χ1) is 12.8. The minimum Gasteiger partial charge on any atom is -0.444 e. The number of ether oxygens (including phenoxy) is 3. The molecule has 0 bridgehead atoms. The maximum absolute atomic E-state index is 13.0. The van der Waals surface area contributed by atoms with Crippen LogP contribution in [0.4, 0.5) is 10.5 Å². The van der Waals surface area contributed by atoms with E-state index in [1.807, 2.05) is 4.90 Å². The number of piperidine rings is 1. The lowest BCUT2D eigenvalue weighted by molar-refractivity contribution is -0.100. The summed E-state index contributed by atoms with van der Waals surface area (Å²) in [5.74, 6) is -0.0392. The number of nitrogens with zero attached hydrogens (tertiary/aromatic N) is 1. The molecule has 1 unspecified atom stereocenters. The van der Waals surface area contributed by atoms with E-state index in [4.69, 9.17) is 14.2 Å². The number of benzene rings is 1. The van der Waals surface area contributed by atoms with E-state index in [1.165, 1.54) is 0 Å². The van der Waals surface area contributed by atoms with E-state index >= 15 is 0 Å². The van der Waals surface area contributed by atoms with E-state index in [1.54, 1.807) is 45.0 Å². The van der Waals surface area contributed by atoms with Crippen LogP contribution in [0, 0.1) is 0 Å². The van der Waals surface area contributed by atoms with Gasteiger partial charge >= 0.3 is 6.09 Å². The van der Waals surface area contributed by atoms with Crippen molar-refractivity contribution in [3.8, 4) is 0 Å². The van der Waals surface area contributed by atoms with Crippen molar-refractivity contribution in [2.75, 3.05) is 25.1 Å². The lowest BCUT2D eigenvalue weighted by Crippen LogP contribution is -2.50. The first kappa shape index (κ1) is 19.6. The zero-order valence-electron chi connectivity index (χ0n) is 16.2. The summed E-state index contributed by atoms with van der Waals surface area (Å²) in [4.78, 5) is 26.7. The summed E-state index contributed by atoms with van der Waals surface area (Å²) < 4.78 is 16.5. The van der Waals surface area contributed by atoms with Crippen molar-refractivity contribution in [2.45, 2.75) is 58.0 Å². The molecular weight excluding hydrogens is 348 g/mol. The maximum Gasteiger partial charge on any atom is 0.412 e. The topological polar surface area (TPSA) is 77.1 Å². The van der Waals surface area contributed by atoms with Gasteiger partial charge in [0.15, 0.2) is 6.29 Å². The van der Waals surface area contributed by atoms with E-state index < -0.39 is 11.7 Å². The SMILES string of the molecule is CC(C)(C)OC(=O)Nc1ccc(C(=O)N2CCCCC2C2OCCO2)cc1. The largest absolute Gasteiger partial charge is 0.444 e. The molecule has 0 aromatic heterocycles. The number of carbonyl (C=O) groups is 2. The van der Waals surface area contributed by atoms with Crippen molar-refractivity contribution in [3.05, 3.63) is 29.8 Å². The lowest BCUT2D eigenvalue weighted by Gasteiger charge is -2.38. The van der Waals surface area contributed by atoms with E-state index in [0.717, 1.165) is 19.3 Å². The predicted octanol–water partition coefficient (Wildman–Crippen LogP) is 3.40. The van der Waals surface area contributed by atoms with Crippen molar-refractivity contribution >= 4 is 17.7 Å². The smallest absolute Gasteiger partial charge is 0.412 e. The molecule has 0 radical (unpaired) electrons. The number of anilines is 1. The van der Waals surface area contributed by atoms with E-state index in [0.29, 0.717) is 31.0 Å². The van der Waals surface area contributed by atoms with Gasteiger partial charge in [0, 0.05) is 17.8 Å². The van der Waals surface area contributed by atoms with Crippen LogP contribution >= 0.6 is 0 Å². The van der Waals surface area contributed by atoms with Gasteiger partial charge in [0.05, 0.1) is 19.3 Å². The van der Waals surface area contributed by atoms with Gasteiger partial charge in [0.1, 0.15) is 5.60 Å². The molecule has 2 saturated heterocycles. The summed E-state index contributed by atoms with van der Waals surface area (Å²) in [6, 6.07) is 6.80. The quantitative estimate of drug-likeness (QED) is 0.875. The number of rotatable bonds is 3. The molecule has 1 N–H and O–H groups in total. The van der Waals surface area contributed by atoms with Gasteiger partial charge in [-0.15, -0.1) is 0 Å². The number of hydrogen-bond donors (Lipinski definition) is 1. The van der Waals surface area contributed by atoms with Crippen molar-refractivity contribution < 1.29 is 23.8 Å². The van der Waals surface area contributed by atoms with Crippen molar-refractivity contribution in [3.63, 3.8) is 0 Å². The Morgan fingerprint density at radius 3 is 2.41 bits per heavy atom. The van der Waals surface area contributed by atoms with Crippen LogP contribution in [0.3, 0.4) is 0 Å². The van der Waals surface area contributed by atoms with Crippen LogP contribution in [-0.4, -0.2) is 54.6 Å². The zero-order valence-corrected chi connectivity index (χ0v) is 16.2. The molecule has 1 aromatic rings.